The number of carbonyl (C=O) groups excluding carboxylic acids is 2. The van der Waals surface area contributed by atoms with Gasteiger partial charge in [0, 0.05) is 36.9 Å². The summed E-state index contributed by atoms with van der Waals surface area (Å²) in [6.07, 6.45) is -7.62. The Labute approximate surface area is 232 Å². The zero-order valence-electron chi connectivity index (χ0n) is 21.1. The van der Waals surface area contributed by atoms with Gasteiger partial charge in [-0.2, -0.15) is 26.3 Å². The van der Waals surface area contributed by atoms with Gasteiger partial charge in [0.25, 0.3) is 9.05 Å². The van der Waals surface area contributed by atoms with E-state index in [1.54, 1.807) is 12.1 Å². The predicted molar refractivity (Wildman–Crippen MR) is 135 cm³/mol. The highest BCUT2D eigenvalue weighted by atomic mass is 35.7. The first-order valence-corrected chi connectivity index (χ1v) is 14.7. The number of benzene rings is 2. The van der Waals surface area contributed by atoms with Gasteiger partial charge in [0.2, 0.25) is 0 Å². The molecule has 14 heteroatoms. The summed E-state index contributed by atoms with van der Waals surface area (Å²) in [7, 11) is 1.42. The molecule has 220 valence electrons. The van der Waals surface area contributed by atoms with Crippen molar-refractivity contribution < 1.29 is 44.3 Å². The zero-order chi connectivity index (χ0) is 29.7. The minimum atomic E-state index is -4.84. The number of nitrogens with zero attached hydrogens (tertiary/aromatic N) is 2. The fourth-order valence-corrected chi connectivity index (χ4v) is 5.59. The monoisotopic (exact) mass is 612 g/mol. The molecule has 2 aromatic carbocycles. The molecule has 2 aliphatic heterocycles. The highest BCUT2D eigenvalue weighted by Crippen LogP contribution is 2.32. The first-order chi connectivity index (χ1) is 18.6. The van der Waals surface area contributed by atoms with Crippen LogP contribution in [0.3, 0.4) is 0 Å². The second-order valence-corrected chi connectivity index (χ2v) is 12.1. The molecule has 0 saturated carbocycles. The smallest absolute Gasteiger partial charge is 0.335 e. The summed E-state index contributed by atoms with van der Waals surface area (Å²) < 4.78 is 96.1. The first-order valence-electron chi connectivity index (χ1n) is 12.4. The van der Waals surface area contributed by atoms with E-state index in [1.807, 2.05) is 30.3 Å². The van der Waals surface area contributed by atoms with Crippen molar-refractivity contribution in [1.29, 1.82) is 0 Å². The van der Waals surface area contributed by atoms with Crippen molar-refractivity contribution in [3.8, 4) is 0 Å². The van der Waals surface area contributed by atoms with E-state index in [9.17, 15) is 44.3 Å². The SMILES string of the molecule is O=C(N1CCC(c2ccc(S(=O)(=O)Cl)cc2)CC1)C(F)(F)F.O=C(N1CCC(c2ccccc2)CC1)C(F)(F)F. The molecule has 2 aliphatic rings. The van der Waals surface area contributed by atoms with Crippen LogP contribution in [0.1, 0.15) is 48.6 Å². The van der Waals surface area contributed by atoms with E-state index in [-0.39, 0.29) is 42.9 Å². The molecule has 0 N–H and O–H groups in total. The van der Waals surface area contributed by atoms with Gasteiger partial charge in [0.05, 0.1) is 4.90 Å². The maximum atomic E-state index is 12.3. The Kier molecular flexibility index (Phi) is 10.2. The van der Waals surface area contributed by atoms with Crippen molar-refractivity contribution in [3.63, 3.8) is 0 Å². The Balaban J connectivity index is 0.000000225. The first kappa shape index (κ1) is 31.7. The maximum absolute atomic E-state index is 12.3. The molecule has 2 aromatic rings. The lowest BCUT2D eigenvalue weighted by atomic mass is 9.89. The second kappa shape index (κ2) is 12.8. The summed E-state index contributed by atoms with van der Waals surface area (Å²) in [5.41, 5.74) is 1.96. The maximum Gasteiger partial charge on any atom is 0.471 e. The Morgan fingerprint density at radius 2 is 1.00 bits per heavy atom. The largest absolute Gasteiger partial charge is 0.471 e. The summed E-state index contributed by atoms with van der Waals surface area (Å²) in [5.74, 6) is -3.28. The summed E-state index contributed by atoms with van der Waals surface area (Å²) in [6.45, 7) is 0.410. The van der Waals surface area contributed by atoms with Gasteiger partial charge >= 0.3 is 24.2 Å². The van der Waals surface area contributed by atoms with Crippen molar-refractivity contribution in [2.24, 2.45) is 0 Å². The average Bonchev–Trinajstić information content (AvgIpc) is 2.92. The number of amides is 2. The molecule has 2 amide bonds. The van der Waals surface area contributed by atoms with E-state index in [0.29, 0.717) is 25.7 Å². The molecule has 40 heavy (non-hydrogen) atoms. The summed E-state index contributed by atoms with van der Waals surface area (Å²) in [6, 6.07) is 15.6. The molecule has 2 saturated heterocycles. The number of alkyl halides is 6. The van der Waals surface area contributed by atoms with Gasteiger partial charge in [0.1, 0.15) is 0 Å². The van der Waals surface area contributed by atoms with Crippen LogP contribution < -0.4 is 0 Å². The van der Waals surface area contributed by atoms with Crippen LogP contribution in [0.4, 0.5) is 26.3 Å². The van der Waals surface area contributed by atoms with Crippen molar-refractivity contribution in [1.82, 2.24) is 9.80 Å². The lowest BCUT2D eigenvalue weighted by molar-refractivity contribution is -0.186. The normalized spacial score (nSPS) is 17.7. The number of carbonyl (C=O) groups is 2. The number of hydrogen-bond acceptors (Lipinski definition) is 4. The molecular weight excluding hydrogens is 586 g/mol. The molecule has 2 fully saturated rings. The van der Waals surface area contributed by atoms with E-state index in [0.717, 1.165) is 20.9 Å². The predicted octanol–water partition coefficient (Wildman–Crippen LogP) is 5.84. The third-order valence-electron chi connectivity index (χ3n) is 6.95. The summed E-state index contributed by atoms with van der Waals surface area (Å²) in [4.78, 5) is 23.9. The van der Waals surface area contributed by atoms with Gasteiger partial charge in [-0.15, -0.1) is 0 Å². The molecular formula is C26H27ClF6N2O4S. The van der Waals surface area contributed by atoms with Gasteiger partial charge in [0.15, 0.2) is 0 Å². The Hall–Kier alpha value is -2.80. The second-order valence-electron chi connectivity index (χ2n) is 9.55. The molecule has 6 nitrogen and oxygen atoms in total. The van der Waals surface area contributed by atoms with Crippen LogP contribution >= 0.6 is 10.7 Å². The lowest BCUT2D eigenvalue weighted by Crippen LogP contribution is -2.45. The van der Waals surface area contributed by atoms with E-state index in [4.69, 9.17) is 10.7 Å². The molecule has 2 heterocycles. The standard InChI is InChI=1S/C13H13ClF3NO3S.C13H14F3NO/c14-22(20,21)11-3-1-9(2-4-11)10-5-7-18(8-6-10)12(19)13(15,16)17;14-13(15,16)12(18)17-8-6-11(7-9-17)10-4-2-1-3-5-10/h1-4,10H,5-8H2;1-5,11H,6-9H2. The molecule has 0 radical (unpaired) electrons. The van der Waals surface area contributed by atoms with Gasteiger partial charge < -0.3 is 9.80 Å². The molecule has 0 aromatic heterocycles. The quantitative estimate of drug-likeness (QED) is 0.323. The Morgan fingerprint density at radius 1 is 0.650 bits per heavy atom. The van der Waals surface area contributed by atoms with Crippen LogP contribution in [0.2, 0.25) is 0 Å². The molecule has 0 bridgehead atoms. The molecule has 0 atom stereocenters. The van der Waals surface area contributed by atoms with E-state index in [2.05, 4.69) is 0 Å². The fourth-order valence-electron chi connectivity index (χ4n) is 4.82. The zero-order valence-corrected chi connectivity index (χ0v) is 22.7. The van der Waals surface area contributed by atoms with Crippen molar-refractivity contribution >= 4 is 31.5 Å². The highest BCUT2D eigenvalue weighted by Gasteiger charge is 2.44. The summed E-state index contributed by atoms with van der Waals surface area (Å²) >= 11 is 0. The van der Waals surface area contributed by atoms with Crippen molar-refractivity contribution in [2.75, 3.05) is 26.2 Å². The average molecular weight is 613 g/mol. The number of rotatable bonds is 3. The van der Waals surface area contributed by atoms with Gasteiger partial charge in [-0.1, -0.05) is 42.5 Å². The van der Waals surface area contributed by atoms with E-state index < -0.39 is 33.2 Å². The lowest BCUT2D eigenvalue weighted by Gasteiger charge is -2.32. The highest BCUT2D eigenvalue weighted by molar-refractivity contribution is 8.13. The van der Waals surface area contributed by atoms with Crippen LogP contribution in [-0.2, 0) is 18.6 Å². The van der Waals surface area contributed by atoms with Crippen LogP contribution in [0, 0.1) is 0 Å². The van der Waals surface area contributed by atoms with Crippen LogP contribution in [0.25, 0.3) is 0 Å². The van der Waals surface area contributed by atoms with Crippen molar-refractivity contribution in [3.05, 3.63) is 65.7 Å². The van der Waals surface area contributed by atoms with Crippen molar-refractivity contribution in [2.45, 2.75) is 54.8 Å². The Morgan fingerprint density at radius 3 is 1.32 bits per heavy atom. The summed E-state index contributed by atoms with van der Waals surface area (Å²) in [5, 5.41) is 0. The molecule has 0 unspecified atom stereocenters. The molecule has 0 spiro atoms. The van der Waals surface area contributed by atoms with E-state index in [1.165, 1.54) is 12.1 Å². The fraction of sp³-hybridized carbons (Fsp3) is 0.462. The number of halogens is 7. The van der Waals surface area contributed by atoms with Crippen LogP contribution in [0.5, 0.6) is 0 Å². The number of likely N-dealkylation sites (tertiary alicyclic amines) is 2. The third kappa shape index (κ3) is 8.60. The number of piperidine rings is 2. The number of hydrogen-bond donors (Lipinski definition) is 0. The molecule has 4 rings (SSSR count). The Bertz CT molecular complexity index is 1250. The minimum Gasteiger partial charge on any atom is -0.335 e. The molecule has 0 aliphatic carbocycles. The van der Waals surface area contributed by atoms with Crippen LogP contribution in [-0.4, -0.2) is 68.6 Å². The topological polar surface area (TPSA) is 74.8 Å². The van der Waals surface area contributed by atoms with Gasteiger partial charge in [-0.05, 0) is 60.8 Å². The van der Waals surface area contributed by atoms with Gasteiger partial charge in [-0.3, -0.25) is 9.59 Å². The third-order valence-corrected chi connectivity index (χ3v) is 8.32. The van der Waals surface area contributed by atoms with Crippen LogP contribution in [0.15, 0.2) is 59.5 Å². The minimum absolute atomic E-state index is 0.00985. The van der Waals surface area contributed by atoms with E-state index >= 15 is 0 Å². The van der Waals surface area contributed by atoms with Gasteiger partial charge in [-0.25, -0.2) is 8.42 Å².